The maximum Gasteiger partial charge on any atom is 0.311 e. The highest BCUT2D eigenvalue weighted by Gasteiger charge is 2.29. The van der Waals surface area contributed by atoms with Crippen LogP contribution in [0.3, 0.4) is 0 Å². The molecular weight excluding hydrogens is 204 g/mol. The van der Waals surface area contributed by atoms with E-state index in [4.69, 9.17) is 4.74 Å². The third-order valence-corrected chi connectivity index (χ3v) is 4.44. The van der Waals surface area contributed by atoms with E-state index >= 15 is 0 Å². The second kappa shape index (κ2) is 5.15. The fourth-order valence-corrected chi connectivity index (χ4v) is 3.20. The molecule has 0 amide bonds. The molecule has 0 saturated heterocycles. The zero-order valence-corrected chi connectivity index (χ0v) is 12.3. The van der Waals surface area contributed by atoms with Crippen molar-refractivity contribution >= 4 is 14.0 Å². The van der Waals surface area contributed by atoms with E-state index in [1.807, 2.05) is 27.7 Å². The van der Waals surface area contributed by atoms with E-state index in [0.29, 0.717) is 0 Å². The molecule has 0 radical (unpaired) electrons. The van der Waals surface area contributed by atoms with Gasteiger partial charge >= 0.3 is 5.97 Å². The van der Waals surface area contributed by atoms with E-state index < -0.39 is 8.07 Å². The highest BCUT2D eigenvalue weighted by molar-refractivity contribution is 6.76. The lowest BCUT2D eigenvalue weighted by Gasteiger charge is -2.26. The van der Waals surface area contributed by atoms with Crippen LogP contribution in [-0.2, 0) is 9.53 Å². The predicted molar refractivity (Wildman–Crippen MR) is 67.8 cm³/mol. The molecule has 0 bridgehead atoms. The average Bonchev–Trinajstić information content (AvgIpc) is 2.00. The van der Waals surface area contributed by atoms with Crippen LogP contribution in [0.25, 0.3) is 0 Å². The lowest BCUT2D eigenvalue weighted by molar-refractivity contribution is -0.158. The predicted octanol–water partition coefficient (Wildman–Crippen LogP) is 3.69. The standard InChI is InChI=1S/C12H26O2Si/c1-8-12(3,4)11(13)14-10(2)9-15(5,6)7/h10H,8-9H2,1-7H3. The van der Waals surface area contributed by atoms with Gasteiger partial charge in [-0.3, -0.25) is 4.79 Å². The summed E-state index contributed by atoms with van der Waals surface area (Å²) in [5.41, 5.74) is -0.340. The Hall–Kier alpha value is -0.313. The van der Waals surface area contributed by atoms with E-state index in [1.54, 1.807) is 0 Å². The van der Waals surface area contributed by atoms with Crippen molar-refractivity contribution in [2.45, 2.75) is 65.9 Å². The Labute approximate surface area is 95.4 Å². The normalized spacial score (nSPS) is 14.9. The van der Waals surface area contributed by atoms with Crippen LogP contribution in [0.5, 0.6) is 0 Å². The Morgan fingerprint density at radius 1 is 1.33 bits per heavy atom. The molecule has 0 aliphatic heterocycles. The first-order valence-electron chi connectivity index (χ1n) is 5.79. The molecule has 0 rings (SSSR count). The summed E-state index contributed by atoms with van der Waals surface area (Å²) in [5.74, 6) is -0.0595. The Morgan fingerprint density at radius 3 is 2.13 bits per heavy atom. The summed E-state index contributed by atoms with van der Waals surface area (Å²) < 4.78 is 5.48. The van der Waals surface area contributed by atoms with Crippen molar-refractivity contribution in [2.24, 2.45) is 5.41 Å². The Kier molecular flexibility index (Phi) is 5.04. The highest BCUT2D eigenvalue weighted by Crippen LogP contribution is 2.24. The quantitative estimate of drug-likeness (QED) is 0.532. The highest BCUT2D eigenvalue weighted by atomic mass is 28.3. The molecule has 0 heterocycles. The van der Waals surface area contributed by atoms with Crippen LogP contribution >= 0.6 is 0 Å². The van der Waals surface area contributed by atoms with E-state index in [1.165, 1.54) is 0 Å². The van der Waals surface area contributed by atoms with Crippen molar-refractivity contribution in [1.29, 1.82) is 0 Å². The topological polar surface area (TPSA) is 26.3 Å². The van der Waals surface area contributed by atoms with Gasteiger partial charge in [-0.1, -0.05) is 26.6 Å². The fraction of sp³-hybridized carbons (Fsp3) is 0.917. The van der Waals surface area contributed by atoms with Crippen LogP contribution in [0.2, 0.25) is 25.7 Å². The number of ether oxygens (including phenoxy) is 1. The van der Waals surface area contributed by atoms with Gasteiger partial charge in [0.05, 0.1) is 11.5 Å². The lowest BCUT2D eigenvalue weighted by atomic mass is 9.91. The molecule has 0 aromatic heterocycles. The number of hydrogen-bond donors (Lipinski definition) is 0. The maximum absolute atomic E-state index is 11.8. The summed E-state index contributed by atoms with van der Waals surface area (Å²) in [6.07, 6.45) is 0.890. The Balaban J connectivity index is 4.20. The SMILES string of the molecule is CCC(C)(C)C(=O)OC(C)C[Si](C)(C)C. The van der Waals surface area contributed by atoms with Gasteiger partial charge in [0.25, 0.3) is 0 Å². The average molecular weight is 230 g/mol. The molecule has 1 unspecified atom stereocenters. The monoisotopic (exact) mass is 230 g/mol. The number of esters is 1. The van der Waals surface area contributed by atoms with Crippen LogP contribution in [0.4, 0.5) is 0 Å². The van der Waals surface area contributed by atoms with Crippen molar-refractivity contribution in [1.82, 2.24) is 0 Å². The van der Waals surface area contributed by atoms with Gasteiger partial charge in [0.2, 0.25) is 0 Å². The molecule has 0 N–H and O–H groups in total. The van der Waals surface area contributed by atoms with E-state index in [2.05, 4.69) is 19.6 Å². The van der Waals surface area contributed by atoms with Crippen LogP contribution in [-0.4, -0.2) is 20.1 Å². The smallest absolute Gasteiger partial charge is 0.311 e. The van der Waals surface area contributed by atoms with Crippen molar-refractivity contribution in [3.8, 4) is 0 Å². The number of carbonyl (C=O) groups is 1. The summed E-state index contributed by atoms with van der Waals surface area (Å²) in [4.78, 5) is 11.8. The molecule has 0 aliphatic carbocycles. The molecule has 0 fully saturated rings. The van der Waals surface area contributed by atoms with Crippen molar-refractivity contribution in [3.63, 3.8) is 0 Å². The molecule has 15 heavy (non-hydrogen) atoms. The minimum absolute atomic E-state index is 0.0595. The zero-order valence-electron chi connectivity index (χ0n) is 11.3. The minimum Gasteiger partial charge on any atom is -0.463 e. The molecule has 90 valence electrons. The van der Waals surface area contributed by atoms with Crippen molar-refractivity contribution in [2.75, 3.05) is 0 Å². The van der Waals surface area contributed by atoms with Gasteiger partial charge in [-0.25, -0.2) is 0 Å². The first kappa shape index (κ1) is 14.7. The van der Waals surface area contributed by atoms with Gasteiger partial charge in [-0.05, 0) is 33.2 Å². The molecular formula is C12H26O2Si. The van der Waals surface area contributed by atoms with Gasteiger partial charge < -0.3 is 4.74 Å². The van der Waals surface area contributed by atoms with Crippen LogP contribution < -0.4 is 0 Å². The number of hydrogen-bond acceptors (Lipinski definition) is 2. The molecule has 2 nitrogen and oxygen atoms in total. The first-order chi connectivity index (χ1) is 6.58. The van der Waals surface area contributed by atoms with Crippen LogP contribution in [0.1, 0.15) is 34.1 Å². The lowest BCUT2D eigenvalue weighted by Crippen LogP contribution is -2.33. The van der Waals surface area contributed by atoms with Gasteiger partial charge in [-0.2, -0.15) is 0 Å². The molecule has 3 heteroatoms. The van der Waals surface area contributed by atoms with Crippen LogP contribution in [0.15, 0.2) is 0 Å². The molecule has 0 aromatic rings. The van der Waals surface area contributed by atoms with Gasteiger partial charge in [0, 0.05) is 8.07 Å². The van der Waals surface area contributed by atoms with E-state index in [-0.39, 0.29) is 17.5 Å². The van der Waals surface area contributed by atoms with Crippen molar-refractivity contribution in [3.05, 3.63) is 0 Å². The van der Waals surface area contributed by atoms with E-state index in [0.717, 1.165) is 12.5 Å². The fourth-order valence-electron chi connectivity index (χ4n) is 1.39. The summed E-state index contributed by atoms with van der Waals surface area (Å²) in [6, 6.07) is 1.04. The second-order valence-corrected chi connectivity index (χ2v) is 11.7. The second-order valence-electron chi connectivity index (χ2n) is 6.22. The first-order valence-corrected chi connectivity index (χ1v) is 9.50. The summed E-state index contributed by atoms with van der Waals surface area (Å²) in [5, 5.41) is 0. The summed E-state index contributed by atoms with van der Waals surface area (Å²) >= 11 is 0. The zero-order chi connectivity index (χ0) is 12.3. The minimum atomic E-state index is -1.13. The van der Waals surface area contributed by atoms with Gasteiger partial charge in [-0.15, -0.1) is 0 Å². The largest absolute Gasteiger partial charge is 0.463 e. The van der Waals surface area contributed by atoms with Gasteiger partial charge in [0.15, 0.2) is 0 Å². The van der Waals surface area contributed by atoms with Crippen LogP contribution in [0, 0.1) is 5.41 Å². The number of carbonyl (C=O) groups excluding carboxylic acids is 1. The third-order valence-electron chi connectivity index (χ3n) is 2.64. The molecule has 0 saturated carbocycles. The summed E-state index contributed by atoms with van der Waals surface area (Å²) in [7, 11) is -1.13. The molecule has 0 spiro atoms. The number of rotatable bonds is 5. The Bertz CT molecular complexity index is 216. The summed E-state index contributed by atoms with van der Waals surface area (Å²) in [6.45, 7) is 14.8. The molecule has 0 aromatic carbocycles. The molecule has 0 aliphatic rings. The third kappa shape index (κ3) is 5.98. The maximum atomic E-state index is 11.8. The van der Waals surface area contributed by atoms with Gasteiger partial charge in [0.1, 0.15) is 0 Å². The Morgan fingerprint density at radius 2 is 1.80 bits per heavy atom. The molecule has 1 atom stereocenters. The van der Waals surface area contributed by atoms with Crippen molar-refractivity contribution < 1.29 is 9.53 Å². The van der Waals surface area contributed by atoms with E-state index in [9.17, 15) is 4.79 Å².